The molecule has 0 saturated carbocycles. The van der Waals surface area contributed by atoms with E-state index in [0.717, 1.165) is 10.9 Å². The summed E-state index contributed by atoms with van der Waals surface area (Å²) in [5.74, 6) is 0.921. The summed E-state index contributed by atoms with van der Waals surface area (Å²) in [5.41, 5.74) is 1.47. The third-order valence-corrected chi connectivity index (χ3v) is 4.43. The minimum absolute atomic E-state index is 0.134. The van der Waals surface area contributed by atoms with Crippen LogP contribution in [0.15, 0.2) is 67.3 Å². The fourth-order valence-electron chi connectivity index (χ4n) is 2.79. The molecule has 0 spiro atoms. The van der Waals surface area contributed by atoms with E-state index in [-0.39, 0.29) is 12.5 Å². The zero-order valence-electron chi connectivity index (χ0n) is 14.7. The second-order valence-corrected chi connectivity index (χ2v) is 6.35. The Balaban J connectivity index is 1.41. The number of aromatic nitrogens is 4. The Morgan fingerprint density at radius 1 is 1.07 bits per heavy atom. The van der Waals surface area contributed by atoms with Gasteiger partial charge in [-0.2, -0.15) is 5.10 Å². The lowest BCUT2D eigenvalue weighted by molar-refractivity contribution is -0.123. The van der Waals surface area contributed by atoms with Gasteiger partial charge in [-0.3, -0.25) is 9.78 Å². The lowest BCUT2D eigenvalue weighted by atomic mass is 10.2. The Labute approximate surface area is 165 Å². The van der Waals surface area contributed by atoms with Crippen molar-refractivity contribution < 1.29 is 9.53 Å². The summed E-state index contributed by atoms with van der Waals surface area (Å²) in [5, 5.41) is 8.39. The molecule has 3 aromatic heterocycles. The molecular formula is C20H16ClN5O2. The van der Waals surface area contributed by atoms with Gasteiger partial charge in [-0.05, 0) is 36.4 Å². The minimum atomic E-state index is -0.255. The Bertz CT molecular complexity index is 1110. The number of ether oxygens (including phenoxy) is 1. The molecule has 8 heteroatoms. The maximum atomic E-state index is 12.3. The number of fused-ring (bicyclic) bond motifs is 1. The summed E-state index contributed by atoms with van der Waals surface area (Å²) in [6, 6.07) is 12.6. The number of halogens is 1. The van der Waals surface area contributed by atoms with E-state index in [1.807, 2.05) is 24.3 Å². The molecule has 4 rings (SSSR count). The summed E-state index contributed by atoms with van der Waals surface area (Å²) in [4.78, 5) is 20.9. The molecule has 0 radical (unpaired) electrons. The van der Waals surface area contributed by atoms with Crippen molar-refractivity contribution in [2.45, 2.75) is 6.54 Å². The number of rotatable bonds is 6. The third kappa shape index (κ3) is 3.79. The van der Waals surface area contributed by atoms with Crippen LogP contribution in [0.2, 0.25) is 5.02 Å². The van der Waals surface area contributed by atoms with Crippen LogP contribution in [0.25, 0.3) is 16.7 Å². The topological polar surface area (TPSA) is 81.9 Å². The van der Waals surface area contributed by atoms with E-state index in [4.69, 9.17) is 16.3 Å². The maximum absolute atomic E-state index is 12.3. The van der Waals surface area contributed by atoms with Gasteiger partial charge in [0.15, 0.2) is 12.4 Å². The van der Waals surface area contributed by atoms with Gasteiger partial charge in [0.25, 0.3) is 5.91 Å². The first-order chi connectivity index (χ1) is 13.7. The van der Waals surface area contributed by atoms with Crippen molar-refractivity contribution in [2.24, 2.45) is 0 Å². The molecule has 0 fully saturated rings. The molecule has 1 amide bonds. The number of benzene rings is 1. The molecule has 0 aliphatic rings. The molecular weight excluding hydrogens is 378 g/mol. The summed E-state index contributed by atoms with van der Waals surface area (Å²) < 4.78 is 7.32. The quantitative estimate of drug-likeness (QED) is 0.544. The first-order valence-corrected chi connectivity index (χ1v) is 8.97. The molecule has 0 aliphatic carbocycles. The molecule has 4 aromatic rings. The molecule has 7 nitrogen and oxygen atoms in total. The molecule has 1 aromatic carbocycles. The zero-order valence-corrected chi connectivity index (χ0v) is 15.5. The third-order valence-electron chi connectivity index (χ3n) is 4.10. The van der Waals surface area contributed by atoms with E-state index < -0.39 is 0 Å². The summed E-state index contributed by atoms with van der Waals surface area (Å²) in [6.07, 6.45) is 6.82. The van der Waals surface area contributed by atoms with Crippen LogP contribution in [-0.2, 0) is 11.3 Å². The molecule has 28 heavy (non-hydrogen) atoms. The molecule has 0 saturated heterocycles. The van der Waals surface area contributed by atoms with Gasteiger partial charge < -0.3 is 10.1 Å². The van der Waals surface area contributed by atoms with Crippen LogP contribution in [-0.4, -0.2) is 32.3 Å². The minimum Gasteiger partial charge on any atom is -0.481 e. The largest absolute Gasteiger partial charge is 0.481 e. The highest BCUT2D eigenvalue weighted by Crippen LogP contribution is 2.29. The average Bonchev–Trinajstić information content (AvgIpc) is 3.27. The van der Waals surface area contributed by atoms with Gasteiger partial charge in [-0.25, -0.2) is 9.67 Å². The smallest absolute Gasteiger partial charge is 0.258 e. The molecule has 0 aliphatic heterocycles. The molecule has 0 bridgehead atoms. The number of pyridine rings is 2. The SMILES string of the molecule is O=C(COc1ccc(Cl)c2cccnc12)NCc1cccnc1-n1cccn1. The van der Waals surface area contributed by atoms with Crippen molar-refractivity contribution in [3.05, 3.63) is 77.8 Å². The van der Waals surface area contributed by atoms with Crippen molar-refractivity contribution in [2.75, 3.05) is 6.61 Å². The lowest BCUT2D eigenvalue weighted by Crippen LogP contribution is -2.29. The Morgan fingerprint density at radius 2 is 1.93 bits per heavy atom. The highest BCUT2D eigenvalue weighted by Gasteiger charge is 2.11. The lowest BCUT2D eigenvalue weighted by Gasteiger charge is -2.11. The Hall–Kier alpha value is -3.45. The second kappa shape index (κ2) is 8.06. The summed E-state index contributed by atoms with van der Waals surface area (Å²) in [7, 11) is 0. The predicted molar refractivity (Wildman–Crippen MR) is 105 cm³/mol. The van der Waals surface area contributed by atoms with E-state index in [1.165, 1.54) is 0 Å². The maximum Gasteiger partial charge on any atom is 0.258 e. The van der Waals surface area contributed by atoms with E-state index >= 15 is 0 Å². The van der Waals surface area contributed by atoms with E-state index in [9.17, 15) is 4.79 Å². The summed E-state index contributed by atoms with van der Waals surface area (Å²) >= 11 is 6.18. The molecule has 140 valence electrons. The van der Waals surface area contributed by atoms with Gasteiger partial charge in [0.1, 0.15) is 11.3 Å². The average molecular weight is 394 g/mol. The standard InChI is InChI=1S/C20H16ClN5O2/c21-16-6-7-17(19-15(16)5-2-8-22-19)28-13-18(27)24-12-14-4-1-9-23-20(14)26-11-3-10-25-26/h1-11H,12-13H2,(H,24,27). The Kier molecular flexibility index (Phi) is 5.16. The molecule has 1 N–H and O–H groups in total. The van der Waals surface area contributed by atoms with Crippen molar-refractivity contribution in [1.29, 1.82) is 0 Å². The van der Waals surface area contributed by atoms with Crippen molar-refractivity contribution in [3.8, 4) is 11.6 Å². The van der Waals surface area contributed by atoms with Crippen LogP contribution in [0, 0.1) is 0 Å². The van der Waals surface area contributed by atoms with Gasteiger partial charge in [0, 0.05) is 42.3 Å². The first-order valence-electron chi connectivity index (χ1n) is 8.59. The molecule has 0 atom stereocenters. The van der Waals surface area contributed by atoms with Crippen LogP contribution >= 0.6 is 11.6 Å². The van der Waals surface area contributed by atoms with Gasteiger partial charge in [-0.1, -0.05) is 17.7 Å². The zero-order chi connectivity index (χ0) is 19.3. The van der Waals surface area contributed by atoms with Gasteiger partial charge in [0.2, 0.25) is 0 Å². The number of amides is 1. The highest BCUT2D eigenvalue weighted by molar-refractivity contribution is 6.35. The predicted octanol–water partition coefficient (Wildman–Crippen LogP) is 3.16. The molecule has 3 heterocycles. The van der Waals surface area contributed by atoms with Gasteiger partial charge in [0.05, 0.1) is 5.02 Å². The van der Waals surface area contributed by atoms with Gasteiger partial charge in [-0.15, -0.1) is 0 Å². The fourth-order valence-corrected chi connectivity index (χ4v) is 3.00. The Morgan fingerprint density at radius 3 is 2.79 bits per heavy atom. The second-order valence-electron chi connectivity index (χ2n) is 5.95. The number of nitrogens with one attached hydrogen (secondary N) is 1. The van der Waals surface area contributed by atoms with Crippen LogP contribution in [0.4, 0.5) is 0 Å². The fraction of sp³-hybridized carbons (Fsp3) is 0.100. The number of carbonyl (C=O) groups excluding carboxylic acids is 1. The summed E-state index contributed by atoms with van der Waals surface area (Å²) in [6.45, 7) is 0.176. The van der Waals surface area contributed by atoms with Crippen LogP contribution in [0.3, 0.4) is 0 Å². The van der Waals surface area contributed by atoms with E-state index in [0.29, 0.717) is 28.7 Å². The van der Waals surface area contributed by atoms with Crippen LogP contribution in [0.5, 0.6) is 5.75 Å². The highest BCUT2D eigenvalue weighted by atomic mass is 35.5. The number of hydrogen-bond donors (Lipinski definition) is 1. The van der Waals surface area contributed by atoms with E-state index in [2.05, 4.69) is 20.4 Å². The number of carbonyl (C=O) groups is 1. The number of nitrogens with zero attached hydrogens (tertiary/aromatic N) is 4. The molecule has 0 unspecified atom stereocenters. The van der Waals surface area contributed by atoms with Crippen LogP contribution in [0.1, 0.15) is 5.56 Å². The van der Waals surface area contributed by atoms with Crippen molar-refractivity contribution in [3.63, 3.8) is 0 Å². The van der Waals surface area contributed by atoms with E-state index in [1.54, 1.807) is 47.7 Å². The van der Waals surface area contributed by atoms with Crippen molar-refractivity contribution in [1.82, 2.24) is 25.1 Å². The number of hydrogen-bond acceptors (Lipinski definition) is 5. The monoisotopic (exact) mass is 393 g/mol. The van der Waals surface area contributed by atoms with Crippen LogP contribution < -0.4 is 10.1 Å². The first kappa shape index (κ1) is 17.9. The van der Waals surface area contributed by atoms with Gasteiger partial charge >= 0.3 is 0 Å². The van der Waals surface area contributed by atoms with Crippen molar-refractivity contribution >= 4 is 28.4 Å². The normalized spacial score (nSPS) is 10.8.